The van der Waals surface area contributed by atoms with E-state index < -0.39 is 11.7 Å². The van der Waals surface area contributed by atoms with Crippen molar-refractivity contribution in [1.29, 1.82) is 0 Å². The summed E-state index contributed by atoms with van der Waals surface area (Å²) in [6, 6.07) is 2.52. The van der Waals surface area contributed by atoms with Crippen molar-refractivity contribution in [3.05, 3.63) is 32.5 Å². The number of carbonyl (C=O) groups excluding carboxylic acids is 1. The molecule has 1 rings (SSSR count). The average molecular weight is 297 g/mol. The molecule has 0 radical (unpaired) electrons. The molecule has 0 aliphatic carbocycles. The van der Waals surface area contributed by atoms with E-state index in [1.54, 1.807) is 0 Å². The van der Waals surface area contributed by atoms with Crippen LogP contribution >= 0.6 is 31.9 Å². The molecule has 0 fully saturated rings. The maximum absolute atomic E-state index is 12.9. The molecular weight excluding hydrogens is 293 g/mol. The first-order chi connectivity index (χ1) is 5.52. The van der Waals surface area contributed by atoms with Gasteiger partial charge in [0.15, 0.2) is 0 Å². The van der Waals surface area contributed by atoms with Crippen LogP contribution in [0.4, 0.5) is 4.39 Å². The molecular formula is C7H4Br2FNO. The SMILES string of the molecule is NC(=O)c1cc(Br)c(Br)cc1F. The van der Waals surface area contributed by atoms with Crippen molar-refractivity contribution in [1.82, 2.24) is 0 Å². The smallest absolute Gasteiger partial charge is 0.251 e. The van der Waals surface area contributed by atoms with E-state index in [0.717, 1.165) is 0 Å². The fraction of sp³-hybridized carbons (Fsp3) is 0. The fourth-order valence-electron chi connectivity index (χ4n) is 0.711. The third kappa shape index (κ3) is 1.84. The Morgan fingerprint density at radius 3 is 2.33 bits per heavy atom. The standard InChI is InChI=1S/C7H4Br2FNO/c8-4-1-3(7(11)12)6(10)2-5(4)9/h1-2H,(H2,11,12). The van der Waals surface area contributed by atoms with Crippen LogP contribution in [0.5, 0.6) is 0 Å². The minimum Gasteiger partial charge on any atom is -0.366 e. The molecule has 64 valence electrons. The number of primary amides is 1. The van der Waals surface area contributed by atoms with Gasteiger partial charge in [-0.3, -0.25) is 4.79 Å². The van der Waals surface area contributed by atoms with Gasteiger partial charge in [-0.05, 0) is 44.0 Å². The number of hydrogen-bond acceptors (Lipinski definition) is 1. The molecule has 1 aromatic rings. The van der Waals surface area contributed by atoms with Gasteiger partial charge in [0.1, 0.15) is 5.82 Å². The van der Waals surface area contributed by atoms with Crippen LogP contribution in [-0.2, 0) is 0 Å². The van der Waals surface area contributed by atoms with Gasteiger partial charge in [-0.1, -0.05) is 0 Å². The summed E-state index contributed by atoms with van der Waals surface area (Å²) in [7, 11) is 0. The van der Waals surface area contributed by atoms with Crippen molar-refractivity contribution in [2.75, 3.05) is 0 Å². The highest BCUT2D eigenvalue weighted by Gasteiger charge is 2.10. The molecule has 0 saturated carbocycles. The molecule has 0 saturated heterocycles. The Kier molecular flexibility index (Phi) is 2.85. The first kappa shape index (κ1) is 9.67. The summed E-state index contributed by atoms with van der Waals surface area (Å²) >= 11 is 6.22. The molecule has 0 aliphatic rings. The zero-order valence-corrected chi connectivity index (χ0v) is 8.95. The maximum Gasteiger partial charge on any atom is 0.251 e. The first-order valence-corrected chi connectivity index (χ1v) is 4.55. The monoisotopic (exact) mass is 295 g/mol. The molecule has 0 unspecified atom stereocenters. The Morgan fingerprint density at radius 2 is 1.83 bits per heavy atom. The van der Waals surface area contributed by atoms with Gasteiger partial charge < -0.3 is 5.73 Å². The minimum absolute atomic E-state index is 0.120. The lowest BCUT2D eigenvalue weighted by Crippen LogP contribution is -2.13. The van der Waals surface area contributed by atoms with Crippen LogP contribution in [-0.4, -0.2) is 5.91 Å². The highest BCUT2D eigenvalue weighted by Crippen LogP contribution is 2.25. The molecule has 0 bridgehead atoms. The molecule has 0 spiro atoms. The van der Waals surface area contributed by atoms with Gasteiger partial charge >= 0.3 is 0 Å². The van der Waals surface area contributed by atoms with Crippen molar-refractivity contribution in [3.8, 4) is 0 Å². The van der Waals surface area contributed by atoms with Crippen LogP contribution in [0, 0.1) is 5.82 Å². The van der Waals surface area contributed by atoms with E-state index in [9.17, 15) is 9.18 Å². The molecule has 0 atom stereocenters. The lowest BCUT2D eigenvalue weighted by Gasteiger charge is -2.00. The fourth-order valence-corrected chi connectivity index (χ4v) is 1.37. The molecule has 1 aromatic carbocycles. The van der Waals surface area contributed by atoms with Crippen molar-refractivity contribution < 1.29 is 9.18 Å². The van der Waals surface area contributed by atoms with Gasteiger partial charge in [0.2, 0.25) is 0 Å². The van der Waals surface area contributed by atoms with Gasteiger partial charge in [0, 0.05) is 8.95 Å². The lowest BCUT2D eigenvalue weighted by atomic mass is 10.2. The van der Waals surface area contributed by atoms with Gasteiger partial charge in [-0.25, -0.2) is 4.39 Å². The summed E-state index contributed by atoms with van der Waals surface area (Å²) in [6.07, 6.45) is 0. The van der Waals surface area contributed by atoms with Crippen LogP contribution in [0.25, 0.3) is 0 Å². The second-order valence-corrected chi connectivity index (χ2v) is 3.82. The van der Waals surface area contributed by atoms with Crippen molar-refractivity contribution >= 4 is 37.8 Å². The van der Waals surface area contributed by atoms with Crippen LogP contribution in [0.2, 0.25) is 0 Å². The van der Waals surface area contributed by atoms with Crippen LogP contribution < -0.4 is 5.73 Å². The topological polar surface area (TPSA) is 43.1 Å². The highest BCUT2D eigenvalue weighted by molar-refractivity contribution is 9.13. The molecule has 0 aliphatic heterocycles. The molecule has 1 amide bonds. The van der Waals surface area contributed by atoms with Crippen LogP contribution in [0.1, 0.15) is 10.4 Å². The predicted octanol–water partition coefficient (Wildman–Crippen LogP) is 2.45. The molecule has 12 heavy (non-hydrogen) atoms. The molecule has 0 heterocycles. The van der Waals surface area contributed by atoms with Gasteiger partial charge in [-0.15, -0.1) is 0 Å². The van der Waals surface area contributed by atoms with E-state index in [2.05, 4.69) is 31.9 Å². The number of carbonyl (C=O) groups is 1. The molecule has 2 nitrogen and oxygen atoms in total. The van der Waals surface area contributed by atoms with Gasteiger partial charge in [-0.2, -0.15) is 0 Å². The summed E-state index contributed by atoms with van der Waals surface area (Å²) < 4.78 is 14.1. The molecule has 2 N–H and O–H groups in total. The second-order valence-electron chi connectivity index (χ2n) is 2.11. The van der Waals surface area contributed by atoms with Crippen molar-refractivity contribution in [3.63, 3.8) is 0 Å². The Morgan fingerprint density at radius 1 is 1.33 bits per heavy atom. The zero-order valence-electron chi connectivity index (χ0n) is 5.77. The second kappa shape index (κ2) is 3.53. The summed E-state index contributed by atoms with van der Waals surface area (Å²) in [5.74, 6) is -1.40. The van der Waals surface area contributed by atoms with Crippen molar-refractivity contribution in [2.45, 2.75) is 0 Å². The average Bonchev–Trinajstić information content (AvgIpc) is 1.96. The quantitative estimate of drug-likeness (QED) is 0.795. The normalized spacial score (nSPS) is 9.92. The molecule has 0 aromatic heterocycles. The highest BCUT2D eigenvalue weighted by atomic mass is 79.9. The van der Waals surface area contributed by atoms with Gasteiger partial charge in [0.05, 0.1) is 5.56 Å². The Hall–Kier alpha value is -0.420. The number of nitrogens with two attached hydrogens (primary N) is 1. The minimum atomic E-state index is -0.777. The number of hydrogen-bond donors (Lipinski definition) is 1. The van der Waals surface area contributed by atoms with E-state index in [0.29, 0.717) is 8.95 Å². The van der Waals surface area contributed by atoms with Crippen LogP contribution in [0.15, 0.2) is 21.1 Å². The first-order valence-electron chi connectivity index (χ1n) is 2.96. The lowest BCUT2D eigenvalue weighted by molar-refractivity contribution is 0.0996. The van der Waals surface area contributed by atoms with E-state index in [-0.39, 0.29) is 5.56 Å². The predicted molar refractivity (Wildman–Crippen MR) is 50.3 cm³/mol. The van der Waals surface area contributed by atoms with Crippen molar-refractivity contribution in [2.24, 2.45) is 5.73 Å². The van der Waals surface area contributed by atoms with Crippen LogP contribution in [0.3, 0.4) is 0 Å². The van der Waals surface area contributed by atoms with E-state index in [4.69, 9.17) is 5.73 Å². The zero-order chi connectivity index (χ0) is 9.30. The number of benzene rings is 1. The van der Waals surface area contributed by atoms with E-state index >= 15 is 0 Å². The molecule has 5 heteroatoms. The summed E-state index contributed by atoms with van der Waals surface area (Å²) in [4.78, 5) is 10.6. The number of halogens is 3. The largest absolute Gasteiger partial charge is 0.366 e. The summed E-state index contributed by atoms with van der Waals surface area (Å²) in [5.41, 5.74) is 4.80. The summed E-state index contributed by atoms with van der Waals surface area (Å²) in [5, 5.41) is 0. The maximum atomic E-state index is 12.9. The third-order valence-electron chi connectivity index (χ3n) is 1.28. The van der Waals surface area contributed by atoms with E-state index in [1.165, 1.54) is 12.1 Å². The Balaban J connectivity index is 3.33. The third-order valence-corrected chi connectivity index (χ3v) is 3.12. The Labute approximate surface area is 85.2 Å². The van der Waals surface area contributed by atoms with E-state index in [1.807, 2.05) is 0 Å². The number of rotatable bonds is 1. The summed E-state index contributed by atoms with van der Waals surface area (Å²) in [6.45, 7) is 0. The Bertz CT molecular complexity index is 340. The number of amides is 1. The van der Waals surface area contributed by atoms with Gasteiger partial charge in [0.25, 0.3) is 5.91 Å².